The van der Waals surface area contributed by atoms with E-state index in [0.29, 0.717) is 6.04 Å². The Labute approximate surface area is 332 Å². The lowest BCUT2D eigenvalue weighted by Crippen LogP contribution is -2.32. The summed E-state index contributed by atoms with van der Waals surface area (Å²) in [6.07, 6.45) is 52.6. The van der Waals surface area contributed by atoms with E-state index in [-0.39, 0.29) is 0 Å². The Morgan fingerprint density at radius 1 is 0.365 bits per heavy atom. The topological polar surface area (TPSA) is 15.3 Å². The Balaban J connectivity index is 3.17. The summed E-state index contributed by atoms with van der Waals surface area (Å²) in [6.45, 7) is 17.9. The highest BCUT2D eigenvalue weighted by Gasteiger charge is 2.09. The molecule has 314 valence electrons. The van der Waals surface area contributed by atoms with Gasteiger partial charge in [-0.15, -0.1) is 0 Å². The Morgan fingerprint density at radius 3 is 0.962 bits per heavy atom. The van der Waals surface area contributed by atoms with Crippen LogP contribution in [0.1, 0.15) is 273 Å². The molecule has 0 bridgehead atoms. The second kappa shape index (κ2) is 42.1. The maximum atomic E-state index is 3.77. The fourth-order valence-corrected chi connectivity index (χ4v) is 7.86. The van der Waals surface area contributed by atoms with Crippen LogP contribution in [0, 0.1) is 17.8 Å². The first-order valence-corrected chi connectivity index (χ1v) is 24.8. The largest absolute Gasteiger partial charge is 0.314 e. The third kappa shape index (κ3) is 41.1. The maximum absolute atomic E-state index is 3.77. The van der Waals surface area contributed by atoms with Gasteiger partial charge in [0.15, 0.2) is 0 Å². The van der Waals surface area contributed by atoms with E-state index in [1.165, 1.54) is 251 Å². The minimum atomic E-state index is 0.646. The van der Waals surface area contributed by atoms with E-state index in [1.54, 1.807) is 0 Å². The molecule has 2 heteroatoms. The third-order valence-electron chi connectivity index (χ3n) is 12.9. The molecule has 0 aliphatic rings. The Hall–Kier alpha value is -0.0800. The molecule has 0 aliphatic carbocycles. The van der Waals surface area contributed by atoms with E-state index < -0.39 is 0 Å². The van der Waals surface area contributed by atoms with Crippen LogP contribution in [0.15, 0.2) is 0 Å². The van der Waals surface area contributed by atoms with Crippen LogP contribution < -0.4 is 5.32 Å². The fourth-order valence-electron chi connectivity index (χ4n) is 7.86. The highest BCUT2D eigenvalue weighted by molar-refractivity contribution is 4.66. The molecule has 0 heterocycles. The van der Waals surface area contributed by atoms with Crippen LogP contribution in [-0.4, -0.2) is 37.6 Å². The normalized spacial score (nSPS) is 13.8. The van der Waals surface area contributed by atoms with Gasteiger partial charge >= 0.3 is 0 Å². The number of hydrogen-bond acceptors (Lipinski definition) is 2. The van der Waals surface area contributed by atoms with Gasteiger partial charge < -0.3 is 10.2 Å². The number of unbranched alkanes of at least 4 members (excludes halogenated alkanes) is 31. The summed E-state index contributed by atoms with van der Waals surface area (Å²) in [5.74, 6) is 2.58. The number of hydrogen-bond donors (Lipinski definition) is 1. The summed E-state index contributed by atoms with van der Waals surface area (Å²) in [6, 6.07) is 0.646. The summed E-state index contributed by atoms with van der Waals surface area (Å²) >= 11 is 0. The zero-order chi connectivity index (χ0) is 38.2. The van der Waals surface area contributed by atoms with Gasteiger partial charge in [-0.3, -0.25) is 0 Å². The zero-order valence-corrected chi connectivity index (χ0v) is 37.8. The number of nitrogens with one attached hydrogen (secondary N) is 1. The van der Waals surface area contributed by atoms with Gasteiger partial charge in [-0.1, -0.05) is 247 Å². The molecule has 0 aliphatic heterocycles. The van der Waals surface area contributed by atoms with E-state index >= 15 is 0 Å². The smallest absolute Gasteiger partial charge is 0.00508 e. The molecule has 0 radical (unpaired) electrons. The summed E-state index contributed by atoms with van der Waals surface area (Å²) in [5, 5.41) is 3.77. The number of nitrogens with zero attached hydrogens (tertiary/aromatic N) is 1. The Morgan fingerprint density at radius 2 is 0.654 bits per heavy atom. The van der Waals surface area contributed by atoms with Gasteiger partial charge in [-0.05, 0) is 70.6 Å². The van der Waals surface area contributed by atoms with Crippen molar-refractivity contribution in [1.82, 2.24) is 10.2 Å². The standard InChI is InChI=1S/C50H104N2/c1-8-48(4)41-39-37-35-33-31-29-27-25-23-21-19-17-15-13-11-9-10-12-14-16-18-20-22-24-26-28-30-32-34-36-38-40-44-51-50(6)43-46-52(7)45-42-49(5)47(2)3/h47-51H,8-46H2,1-7H3. The van der Waals surface area contributed by atoms with Crippen molar-refractivity contribution in [2.45, 2.75) is 279 Å². The van der Waals surface area contributed by atoms with Crippen LogP contribution in [0.4, 0.5) is 0 Å². The average Bonchev–Trinajstić information content (AvgIpc) is 3.14. The lowest BCUT2D eigenvalue weighted by atomic mass is 9.94. The van der Waals surface area contributed by atoms with Gasteiger partial charge in [0.25, 0.3) is 0 Å². The molecule has 0 rings (SSSR count). The number of rotatable bonds is 44. The highest BCUT2D eigenvalue weighted by Crippen LogP contribution is 2.18. The minimum Gasteiger partial charge on any atom is -0.314 e. The summed E-state index contributed by atoms with van der Waals surface area (Å²) < 4.78 is 0. The second-order valence-electron chi connectivity index (χ2n) is 18.6. The van der Waals surface area contributed by atoms with E-state index in [2.05, 4.69) is 58.8 Å². The Kier molecular flexibility index (Phi) is 42.0. The molecule has 0 saturated heterocycles. The van der Waals surface area contributed by atoms with Crippen molar-refractivity contribution >= 4 is 0 Å². The molecule has 0 aromatic heterocycles. The first-order chi connectivity index (χ1) is 25.4. The lowest BCUT2D eigenvalue weighted by Gasteiger charge is -2.23. The molecule has 1 N–H and O–H groups in total. The van der Waals surface area contributed by atoms with E-state index in [0.717, 1.165) is 17.8 Å². The molecule has 0 saturated carbocycles. The molecule has 3 unspecified atom stereocenters. The van der Waals surface area contributed by atoms with Gasteiger partial charge in [-0.2, -0.15) is 0 Å². The molecule has 0 aromatic carbocycles. The first-order valence-electron chi connectivity index (χ1n) is 24.8. The van der Waals surface area contributed by atoms with Crippen LogP contribution in [0.25, 0.3) is 0 Å². The predicted molar refractivity (Wildman–Crippen MR) is 240 cm³/mol. The van der Waals surface area contributed by atoms with E-state index in [4.69, 9.17) is 0 Å². The van der Waals surface area contributed by atoms with Crippen molar-refractivity contribution in [3.05, 3.63) is 0 Å². The van der Waals surface area contributed by atoms with Gasteiger partial charge in [-0.25, -0.2) is 0 Å². The van der Waals surface area contributed by atoms with Crippen LogP contribution in [0.5, 0.6) is 0 Å². The molecule has 3 atom stereocenters. The van der Waals surface area contributed by atoms with Crippen molar-refractivity contribution in [1.29, 1.82) is 0 Å². The van der Waals surface area contributed by atoms with E-state index in [1.807, 2.05) is 0 Å². The van der Waals surface area contributed by atoms with Gasteiger partial charge in [0.05, 0.1) is 0 Å². The molecule has 0 fully saturated rings. The fraction of sp³-hybridized carbons (Fsp3) is 1.00. The van der Waals surface area contributed by atoms with Crippen LogP contribution in [0.2, 0.25) is 0 Å². The molecular formula is C50H104N2. The predicted octanol–water partition coefficient (Wildman–Crippen LogP) is 16.9. The first kappa shape index (κ1) is 51.9. The summed E-state index contributed by atoms with van der Waals surface area (Å²) in [7, 11) is 2.30. The van der Waals surface area contributed by atoms with Gasteiger partial charge in [0.1, 0.15) is 0 Å². The Bertz CT molecular complexity index is 646. The quantitative estimate of drug-likeness (QED) is 0.0628. The van der Waals surface area contributed by atoms with Crippen LogP contribution in [-0.2, 0) is 0 Å². The molecular weight excluding hydrogens is 629 g/mol. The van der Waals surface area contributed by atoms with Crippen molar-refractivity contribution < 1.29 is 0 Å². The lowest BCUT2D eigenvalue weighted by molar-refractivity contribution is 0.268. The van der Waals surface area contributed by atoms with Crippen molar-refractivity contribution in [2.75, 3.05) is 26.7 Å². The monoisotopic (exact) mass is 733 g/mol. The van der Waals surface area contributed by atoms with Crippen molar-refractivity contribution in [3.8, 4) is 0 Å². The van der Waals surface area contributed by atoms with Crippen LogP contribution in [0.3, 0.4) is 0 Å². The molecule has 2 nitrogen and oxygen atoms in total. The molecule has 0 amide bonds. The molecule has 0 spiro atoms. The van der Waals surface area contributed by atoms with Crippen molar-refractivity contribution in [2.24, 2.45) is 17.8 Å². The van der Waals surface area contributed by atoms with Crippen LogP contribution >= 0.6 is 0 Å². The van der Waals surface area contributed by atoms with E-state index in [9.17, 15) is 0 Å². The summed E-state index contributed by atoms with van der Waals surface area (Å²) in [4.78, 5) is 2.53. The minimum absolute atomic E-state index is 0.646. The average molecular weight is 733 g/mol. The molecule has 52 heavy (non-hydrogen) atoms. The van der Waals surface area contributed by atoms with Crippen molar-refractivity contribution in [3.63, 3.8) is 0 Å². The molecule has 0 aromatic rings. The highest BCUT2D eigenvalue weighted by atomic mass is 15.1. The summed E-state index contributed by atoms with van der Waals surface area (Å²) in [5.41, 5.74) is 0. The maximum Gasteiger partial charge on any atom is 0.00508 e. The second-order valence-corrected chi connectivity index (χ2v) is 18.6. The van der Waals surface area contributed by atoms with Gasteiger partial charge in [0.2, 0.25) is 0 Å². The zero-order valence-electron chi connectivity index (χ0n) is 37.8. The van der Waals surface area contributed by atoms with Gasteiger partial charge in [0, 0.05) is 6.04 Å². The third-order valence-corrected chi connectivity index (χ3v) is 12.9. The SMILES string of the molecule is CCC(C)CCCCCCCCCCCCCCCCCCCCCCCCCCCCCCCCCCNC(C)CCN(C)CCC(C)C(C)C.